The topological polar surface area (TPSA) is 199 Å². The van der Waals surface area contributed by atoms with E-state index in [9.17, 15) is 24.0 Å². The van der Waals surface area contributed by atoms with Crippen LogP contribution in [0.4, 0.5) is 30.7 Å². The van der Waals surface area contributed by atoms with Crippen LogP contribution in [-0.2, 0) is 23.7 Å². The quantitative estimate of drug-likeness (QED) is 0.187. The number of hydrogen-bond acceptors (Lipinski definition) is 13. The summed E-state index contributed by atoms with van der Waals surface area (Å²) in [5.41, 5.74) is -1.94. The molecule has 0 saturated carbocycles. The lowest BCUT2D eigenvalue weighted by atomic mass is 9.96. The van der Waals surface area contributed by atoms with E-state index in [-0.39, 0.29) is 37.6 Å². The summed E-state index contributed by atoms with van der Waals surface area (Å²) < 4.78 is 27.8. The molecule has 0 aliphatic carbocycles. The van der Waals surface area contributed by atoms with Crippen LogP contribution < -0.4 is 31.1 Å². The van der Waals surface area contributed by atoms with Crippen molar-refractivity contribution < 1.29 is 47.7 Å². The van der Waals surface area contributed by atoms with Crippen molar-refractivity contribution in [2.24, 2.45) is 0 Å². The van der Waals surface area contributed by atoms with Gasteiger partial charge in [-0.1, -0.05) is 18.2 Å². The van der Waals surface area contributed by atoms with E-state index in [0.717, 1.165) is 0 Å². The zero-order chi connectivity index (χ0) is 43.4. The molecular weight excluding hydrogens is 750 g/mol. The third kappa shape index (κ3) is 13.7. The number of nitrogens with zero attached hydrogens (tertiary/aromatic N) is 3. The number of carbonyl (C=O) groups is 5. The molecule has 2 aliphatic rings. The number of fused-ring (bicyclic) bond motifs is 1. The number of anilines is 2. The van der Waals surface area contributed by atoms with Crippen molar-refractivity contribution in [2.75, 3.05) is 43.1 Å². The van der Waals surface area contributed by atoms with Crippen LogP contribution in [0.2, 0.25) is 0 Å². The fraction of sp³-hybridized carbons (Fsp3) is 0.659. The molecule has 2 fully saturated rings. The molecule has 17 nitrogen and oxygen atoms in total. The highest BCUT2D eigenvalue weighted by Crippen LogP contribution is 2.39. The smallest absolute Gasteiger partial charge is 0.407 e. The molecule has 4 amide bonds. The molecule has 0 radical (unpaired) electrons. The highest BCUT2D eigenvalue weighted by Gasteiger charge is 2.39. The van der Waals surface area contributed by atoms with Gasteiger partial charge >= 0.3 is 30.3 Å². The monoisotopic (exact) mass is 813 g/mol. The average molecular weight is 814 g/mol. The highest BCUT2D eigenvalue weighted by molar-refractivity contribution is 6.09. The number of amides is 4. The van der Waals surface area contributed by atoms with Gasteiger partial charge in [0.05, 0.1) is 42.5 Å². The van der Waals surface area contributed by atoms with Crippen LogP contribution in [0.3, 0.4) is 0 Å². The Morgan fingerprint density at radius 2 is 0.914 bits per heavy atom. The van der Waals surface area contributed by atoms with E-state index in [1.807, 2.05) is 34.1 Å². The van der Waals surface area contributed by atoms with Crippen LogP contribution in [0.1, 0.15) is 106 Å². The largest absolute Gasteiger partial charge is 0.465 e. The third-order valence-corrected chi connectivity index (χ3v) is 8.64. The molecule has 322 valence electrons. The zero-order valence-electron chi connectivity index (χ0n) is 36.3. The molecule has 2 aliphatic heterocycles. The van der Waals surface area contributed by atoms with E-state index in [2.05, 4.69) is 21.3 Å². The van der Waals surface area contributed by atoms with Gasteiger partial charge in [0, 0.05) is 31.6 Å². The second kappa shape index (κ2) is 17.7. The van der Waals surface area contributed by atoms with Crippen LogP contribution in [0, 0.1) is 0 Å². The Morgan fingerprint density at radius 1 is 0.569 bits per heavy atom. The van der Waals surface area contributed by atoms with Gasteiger partial charge in [0.2, 0.25) is 0 Å². The lowest BCUT2D eigenvalue weighted by Crippen LogP contribution is -2.59. The zero-order valence-corrected chi connectivity index (χ0v) is 36.3. The summed E-state index contributed by atoms with van der Waals surface area (Å²) >= 11 is 0. The number of alkyl carbamates (subject to hydrolysis) is 4. The molecule has 4 rings (SSSR count). The Hall–Kier alpha value is -5.22. The van der Waals surface area contributed by atoms with Crippen molar-refractivity contribution >= 4 is 52.8 Å². The van der Waals surface area contributed by atoms with Crippen LogP contribution >= 0.6 is 0 Å². The predicted molar refractivity (Wildman–Crippen MR) is 219 cm³/mol. The Labute approximate surface area is 341 Å². The molecule has 1 aromatic heterocycles. The van der Waals surface area contributed by atoms with E-state index in [1.165, 1.54) is 7.11 Å². The van der Waals surface area contributed by atoms with E-state index in [4.69, 9.17) is 28.7 Å². The van der Waals surface area contributed by atoms with Crippen molar-refractivity contribution in [3.63, 3.8) is 0 Å². The van der Waals surface area contributed by atoms with Gasteiger partial charge < -0.3 is 54.8 Å². The first kappa shape index (κ1) is 45.5. The maximum atomic E-state index is 14.2. The van der Waals surface area contributed by atoms with Crippen LogP contribution in [0.25, 0.3) is 10.9 Å². The third-order valence-electron chi connectivity index (χ3n) is 8.64. The molecule has 2 saturated heterocycles. The van der Waals surface area contributed by atoms with Gasteiger partial charge in [-0.05, 0) is 102 Å². The Bertz CT molecular complexity index is 1750. The van der Waals surface area contributed by atoms with Crippen molar-refractivity contribution in [3.8, 4) is 0 Å². The number of aromatic nitrogens is 1. The molecule has 4 unspecified atom stereocenters. The van der Waals surface area contributed by atoms with Gasteiger partial charge in [-0.25, -0.2) is 29.0 Å². The molecule has 4 atom stereocenters. The van der Waals surface area contributed by atoms with E-state index in [1.54, 1.807) is 83.1 Å². The molecule has 2 aromatic rings. The second-order valence-corrected chi connectivity index (χ2v) is 18.8. The molecule has 58 heavy (non-hydrogen) atoms. The summed E-state index contributed by atoms with van der Waals surface area (Å²) in [5, 5.41) is 12.4. The first-order valence-electron chi connectivity index (χ1n) is 19.7. The summed E-state index contributed by atoms with van der Waals surface area (Å²) in [4.78, 5) is 75.3. The van der Waals surface area contributed by atoms with Crippen molar-refractivity contribution in [1.29, 1.82) is 0 Å². The van der Waals surface area contributed by atoms with Gasteiger partial charge in [0.15, 0.2) is 0 Å². The number of ether oxygens (including phenoxy) is 5. The maximum Gasteiger partial charge on any atom is 0.407 e. The van der Waals surface area contributed by atoms with Crippen molar-refractivity contribution in [1.82, 2.24) is 26.3 Å². The summed E-state index contributed by atoms with van der Waals surface area (Å²) in [7, 11) is 1.27. The number of para-hydroxylation sites is 1. The fourth-order valence-electron chi connectivity index (χ4n) is 6.90. The van der Waals surface area contributed by atoms with Gasteiger partial charge in [-0.15, -0.1) is 0 Å². The normalized spacial score (nSPS) is 20.4. The van der Waals surface area contributed by atoms with E-state index < -0.39 is 76.9 Å². The first-order valence-corrected chi connectivity index (χ1v) is 19.7. The minimum atomic E-state index is -0.764. The molecule has 0 spiro atoms. The van der Waals surface area contributed by atoms with Crippen LogP contribution in [0.15, 0.2) is 24.3 Å². The Morgan fingerprint density at radius 3 is 1.26 bits per heavy atom. The molecule has 0 bridgehead atoms. The second-order valence-electron chi connectivity index (χ2n) is 18.8. The van der Waals surface area contributed by atoms with E-state index in [0.29, 0.717) is 29.4 Å². The predicted octanol–water partition coefficient (Wildman–Crippen LogP) is 6.01. The van der Waals surface area contributed by atoms with Crippen LogP contribution in [-0.4, -0.2) is 115 Å². The summed E-state index contributed by atoms with van der Waals surface area (Å²) in [5.74, 6) is -0.452. The number of piperidine rings is 2. The van der Waals surface area contributed by atoms with Gasteiger partial charge in [-0.2, -0.15) is 0 Å². The van der Waals surface area contributed by atoms with Gasteiger partial charge in [0.25, 0.3) is 0 Å². The Balaban J connectivity index is 1.85. The molecule has 1 aromatic carbocycles. The number of methoxy groups -OCH3 is 1. The minimum absolute atomic E-state index is 0.115. The number of hydrogen-bond donors (Lipinski definition) is 4. The minimum Gasteiger partial charge on any atom is -0.465 e. The molecule has 4 N–H and O–H groups in total. The van der Waals surface area contributed by atoms with Gasteiger partial charge in [-0.3, -0.25) is 0 Å². The number of rotatable bonds is 7. The maximum absolute atomic E-state index is 14.2. The number of esters is 1. The van der Waals surface area contributed by atoms with Gasteiger partial charge in [0.1, 0.15) is 33.8 Å². The first-order chi connectivity index (χ1) is 26.7. The van der Waals surface area contributed by atoms with E-state index >= 15 is 0 Å². The number of carbonyl (C=O) groups excluding carboxylic acids is 5. The van der Waals surface area contributed by atoms with Crippen molar-refractivity contribution in [3.05, 3.63) is 29.8 Å². The number of pyridine rings is 1. The lowest BCUT2D eigenvalue weighted by Gasteiger charge is -2.42. The SMILES string of the molecule is COC(=O)c1c(N2CC(NC(=O)OC(C)(C)C)CC(NC(=O)OC(C)(C)C)C2)nc2ccccc2c1N1CC(NC(=O)OC(C)(C)C)CC(NC(=O)OC(C)(C)C)C1. The summed E-state index contributed by atoms with van der Waals surface area (Å²) in [6.45, 7) is 22.0. The Kier molecular flexibility index (Phi) is 13.9. The lowest BCUT2D eigenvalue weighted by molar-refractivity contribution is 0.0452. The number of benzene rings is 1. The molecular formula is C41H63N7O10. The number of nitrogens with one attached hydrogen (secondary N) is 4. The molecule has 17 heteroatoms. The summed E-state index contributed by atoms with van der Waals surface area (Å²) in [6, 6.07) is 5.08. The summed E-state index contributed by atoms with van der Waals surface area (Å²) in [6.07, 6.45) is -1.90. The standard InChI is InChI=1S/C41H63N7O10/c1-38(2,3)55-34(50)42-24-18-25(43-35(51)56-39(4,5)6)21-47(20-24)31-28-16-14-15-17-29(28)46-32(30(31)33(49)54-13)48-22-26(44-36(52)57-40(7,8)9)19-27(23-48)45-37(53)58-41(10,11)12/h14-17,24-27H,18-23H2,1-13H3,(H,42,50)(H,43,51)(H,44,52)(H,45,53). The molecule has 3 heterocycles. The fourth-order valence-corrected chi connectivity index (χ4v) is 6.90. The van der Waals surface area contributed by atoms with Crippen LogP contribution in [0.5, 0.6) is 0 Å². The van der Waals surface area contributed by atoms with Crippen molar-refractivity contribution in [2.45, 2.75) is 142 Å². The highest BCUT2D eigenvalue weighted by atomic mass is 16.6. The average Bonchev–Trinajstić information content (AvgIpc) is 3.03.